The second kappa shape index (κ2) is 29.2. The zero-order valence-corrected chi connectivity index (χ0v) is 38.0. The molecule has 15 nitrogen and oxygen atoms in total. The molecule has 6 atom stereocenters. The molecule has 0 aromatic heterocycles. The van der Waals surface area contributed by atoms with Gasteiger partial charge in [0.15, 0.2) is 6.04 Å². The Morgan fingerprint density at radius 1 is 0.887 bits per heavy atom. The van der Waals surface area contributed by atoms with Crippen LogP contribution in [0.15, 0.2) is 29.3 Å². The van der Waals surface area contributed by atoms with Gasteiger partial charge in [-0.3, -0.25) is 29.6 Å². The molecule has 6 unspecified atom stereocenters. The molecule has 2 heterocycles. The Labute approximate surface area is 369 Å². The molecule has 1 fully saturated rings. The number of phenolic OH excluding ortho intramolecular Hbond substituents is 1. The Bertz CT molecular complexity index is 1560. The standard InChI is InChI=1S/C47H77N5O10/c1-5-7-8-9-10-11-12-13-14-15-16-17-18-19-20-31-40(34(3)43(55)48-37-28-23-26-33-52(60)46(37)57)62-47(58)38(29-24-25-32-51(59)41(54)6-2)49-44(56)42-35(4)61-45(50-42)36-27-21-22-30-39(36)53/h21-22,27,30,34-35,37-38,40,42,53,59-60H,5-20,23-26,28-29,31-33H2,1-4H3,(H,48,55)(H,49,56). The van der Waals surface area contributed by atoms with Crippen LogP contribution >= 0.6 is 0 Å². The molecule has 0 spiro atoms. The fraction of sp³-hybridized carbons (Fsp3) is 0.745. The predicted molar refractivity (Wildman–Crippen MR) is 236 cm³/mol. The van der Waals surface area contributed by atoms with Crippen LogP contribution < -0.4 is 10.6 Å². The summed E-state index contributed by atoms with van der Waals surface area (Å²) in [5, 5.41) is 37.5. The monoisotopic (exact) mass is 872 g/mol. The molecule has 2 aliphatic heterocycles. The third kappa shape index (κ3) is 18.2. The van der Waals surface area contributed by atoms with E-state index in [2.05, 4.69) is 22.5 Å². The van der Waals surface area contributed by atoms with Crippen molar-refractivity contribution >= 4 is 35.5 Å². The van der Waals surface area contributed by atoms with Gasteiger partial charge >= 0.3 is 5.97 Å². The zero-order chi connectivity index (χ0) is 45.3. The van der Waals surface area contributed by atoms with Crippen LogP contribution in [-0.4, -0.2) is 105 Å². The largest absolute Gasteiger partial charge is 0.507 e. The van der Waals surface area contributed by atoms with Gasteiger partial charge in [-0.25, -0.2) is 19.9 Å². The Morgan fingerprint density at radius 2 is 1.48 bits per heavy atom. The highest BCUT2D eigenvalue weighted by Gasteiger charge is 2.38. The summed E-state index contributed by atoms with van der Waals surface area (Å²) in [4.78, 5) is 70.8. The van der Waals surface area contributed by atoms with Crippen molar-refractivity contribution in [1.29, 1.82) is 0 Å². The summed E-state index contributed by atoms with van der Waals surface area (Å²) in [5.41, 5.74) is 0.326. The molecule has 0 aliphatic carbocycles. The van der Waals surface area contributed by atoms with Crippen molar-refractivity contribution in [2.45, 2.75) is 206 Å². The van der Waals surface area contributed by atoms with E-state index in [1.807, 2.05) is 0 Å². The minimum absolute atomic E-state index is 0.0360. The minimum atomic E-state index is -1.17. The van der Waals surface area contributed by atoms with Crippen LogP contribution in [-0.2, 0) is 33.4 Å². The minimum Gasteiger partial charge on any atom is -0.507 e. The molecule has 5 N–H and O–H groups in total. The number of hydrogen-bond donors (Lipinski definition) is 5. The molecule has 1 aromatic carbocycles. The fourth-order valence-corrected chi connectivity index (χ4v) is 7.97. The molecular weight excluding hydrogens is 795 g/mol. The third-order valence-electron chi connectivity index (χ3n) is 12.0. The summed E-state index contributed by atoms with van der Waals surface area (Å²) in [7, 11) is 0. The molecule has 0 radical (unpaired) electrons. The number of nitrogens with zero attached hydrogens (tertiary/aromatic N) is 3. The number of hydrogen-bond acceptors (Lipinski definition) is 11. The molecule has 350 valence electrons. The summed E-state index contributed by atoms with van der Waals surface area (Å²) in [6, 6.07) is 3.35. The van der Waals surface area contributed by atoms with Gasteiger partial charge in [-0.05, 0) is 70.4 Å². The van der Waals surface area contributed by atoms with Gasteiger partial charge in [-0.1, -0.05) is 123 Å². The number of amides is 4. The van der Waals surface area contributed by atoms with E-state index < -0.39 is 65.8 Å². The van der Waals surface area contributed by atoms with Crippen LogP contribution in [0.25, 0.3) is 0 Å². The molecule has 1 saturated heterocycles. The number of esters is 1. The Hall–Kier alpha value is -4.24. The van der Waals surface area contributed by atoms with Crippen molar-refractivity contribution < 1.29 is 49.0 Å². The summed E-state index contributed by atoms with van der Waals surface area (Å²) in [6.45, 7) is 7.42. The Morgan fingerprint density at radius 3 is 2.10 bits per heavy atom. The van der Waals surface area contributed by atoms with Crippen LogP contribution in [0.4, 0.5) is 0 Å². The lowest BCUT2D eigenvalue weighted by Gasteiger charge is -2.28. The van der Waals surface area contributed by atoms with E-state index in [4.69, 9.17) is 9.47 Å². The number of aliphatic imine (C=N–C) groups is 1. The number of aromatic hydroxyl groups is 1. The lowest BCUT2D eigenvalue weighted by Crippen LogP contribution is -2.51. The maximum Gasteiger partial charge on any atom is 0.328 e. The number of hydroxylamine groups is 4. The van der Waals surface area contributed by atoms with E-state index >= 15 is 0 Å². The Kier molecular flexibility index (Phi) is 24.5. The van der Waals surface area contributed by atoms with Gasteiger partial charge in [0.25, 0.3) is 5.91 Å². The quantitative estimate of drug-likeness (QED) is 0.0219. The summed E-state index contributed by atoms with van der Waals surface area (Å²) in [5.74, 6) is -3.67. The van der Waals surface area contributed by atoms with Crippen LogP contribution in [0.2, 0.25) is 0 Å². The van der Waals surface area contributed by atoms with Crippen molar-refractivity contribution in [2.75, 3.05) is 13.1 Å². The predicted octanol–water partition coefficient (Wildman–Crippen LogP) is 7.90. The lowest BCUT2D eigenvalue weighted by molar-refractivity contribution is -0.167. The molecule has 62 heavy (non-hydrogen) atoms. The van der Waals surface area contributed by atoms with E-state index in [1.165, 1.54) is 70.3 Å². The van der Waals surface area contributed by atoms with Crippen LogP contribution in [0, 0.1) is 5.92 Å². The first-order valence-electron chi connectivity index (χ1n) is 23.7. The first-order valence-corrected chi connectivity index (χ1v) is 23.7. The molecule has 2 aliphatic rings. The van der Waals surface area contributed by atoms with Crippen LogP contribution in [0.3, 0.4) is 0 Å². The average molecular weight is 872 g/mol. The number of unbranched alkanes of at least 4 members (excludes halogenated alkanes) is 15. The first kappa shape index (κ1) is 52.1. The number of nitrogens with one attached hydrogen (secondary N) is 2. The number of carbonyl (C=O) groups is 5. The maximum absolute atomic E-state index is 14.1. The fourth-order valence-electron chi connectivity index (χ4n) is 7.97. The molecule has 4 amide bonds. The number of benzene rings is 1. The second-order valence-corrected chi connectivity index (χ2v) is 17.2. The number of carbonyl (C=O) groups excluding carboxylic acids is 5. The average Bonchev–Trinajstić information content (AvgIpc) is 3.58. The van der Waals surface area contributed by atoms with Gasteiger partial charge in [-0.2, -0.15) is 0 Å². The normalized spacial score (nSPS) is 19.1. The van der Waals surface area contributed by atoms with E-state index in [1.54, 1.807) is 39.0 Å². The molecule has 1 aromatic rings. The molecule has 0 saturated carbocycles. The molecule has 0 bridgehead atoms. The zero-order valence-electron chi connectivity index (χ0n) is 38.0. The summed E-state index contributed by atoms with van der Waals surface area (Å²) in [6.07, 6.45) is 19.2. The molecular formula is C47H77N5O10. The molecule has 15 heteroatoms. The molecule has 3 rings (SSSR count). The second-order valence-electron chi connectivity index (χ2n) is 17.2. The van der Waals surface area contributed by atoms with Gasteiger partial charge in [0.2, 0.25) is 23.6 Å². The van der Waals surface area contributed by atoms with Gasteiger partial charge in [0.05, 0.1) is 11.5 Å². The van der Waals surface area contributed by atoms with Crippen LogP contribution in [0.1, 0.15) is 181 Å². The SMILES string of the molecule is CCCCCCCCCCCCCCCCCC(OC(=O)C(CCCCN(O)C(=O)CC)NC(=O)C1N=C(c2ccccc2O)OC1C)C(C)C(=O)NC1CCCCN(O)C1=O. The number of rotatable bonds is 30. The highest BCUT2D eigenvalue weighted by Crippen LogP contribution is 2.25. The lowest BCUT2D eigenvalue weighted by atomic mass is 9.96. The van der Waals surface area contributed by atoms with E-state index in [0.29, 0.717) is 60.6 Å². The van der Waals surface area contributed by atoms with Gasteiger partial charge in [-0.15, -0.1) is 0 Å². The van der Waals surface area contributed by atoms with Crippen LogP contribution in [0.5, 0.6) is 5.75 Å². The highest BCUT2D eigenvalue weighted by molar-refractivity contribution is 6.01. The Balaban J connectivity index is 1.67. The van der Waals surface area contributed by atoms with Crippen molar-refractivity contribution in [3.8, 4) is 5.75 Å². The van der Waals surface area contributed by atoms with Crippen molar-refractivity contribution in [2.24, 2.45) is 10.9 Å². The summed E-state index contributed by atoms with van der Waals surface area (Å²) >= 11 is 0. The smallest absolute Gasteiger partial charge is 0.328 e. The number of phenols is 1. The van der Waals surface area contributed by atoms with Gasteiger partial charge in [0, 0.05) is 19.5 Å². The number of para-hydroxylation sites is 1. The third-order valence-corrected chi connectivity index (χ3v) is 12.0. The highest BCUT2D eigenvalue weighted by atomic mass is 16.5. The first-order chi connectivity index (χ1) is 29.9. The number of ether oxygens (including phenoxy) is 2. The maximum atomic E-state index is 14.1. The van der Waals surface area contributed by atoms with E-state index in [-0.39, 0.29) is 37.6 Å². The van der Waals surface area contributed by atoms with Gasteiger partial charge < -0.3 is 25.2 Å². The van der Waals surface area contributed by atoms with E-state index in [0.717, 1.165) is 25.7 Å². The van der Waals surface area contributed by atoms with Crippen molar-refractivity contribution in [3.05, 3.63) is 29.8 Å². The van der Waals surface area contributed by atoms with Gasteiger partial charge in [0.1, 0.15) is 30.0 Å². The van der Waals surface area contributed by atoms with Crippen molar-refractivity contribution in [1.82, 2.24) is 20.8 Å². The van der Waals surface area contributed by atoms with E-state index in [9.17, 15) is 39.5 Å². The topological polar surface area (TPSA) is 207 Å². The van der Waals surface area contributed by atoms with Crippen molar-refractivity contribution in [3.63, 3.8) is 0 Å². The summed E-state index contributed by atoms with van der Waals surface area (Å²) < 4.78 is 12.0.